The highest BCUT2D eigenvalue weighted by Crippen LogP contribution is 2.26. The van der Waals surface area contributed by atoms with Gasteiger partial charge >= 0.3 is 0 Å². The molecule has 3 heteroatoms. The Balaban J connectivity index is 1.87. The van der Waals surface area contributed by atoms with Crippen LogP contribution in [-0.4, -0.2) is 4.98 Å². The summed E-state index contributed by atoms with van der Waals surface area (Å²) in [5, 5.41) is 1.15. The van der Waals surface area contributed by atoms with Gasteiger partial charge in [-0.05, 0) is 36.2 Å². The van der Waals surface area contributed by atoms with Crippen molar-refractivity contribution in [3.05, 3.63) is 66.9 Å². The molecule has 0 aliphatic carbocycles. The molecule has 0 bridgehead atoms. The minimum atomic E-state index is 1.00. The van der Waals surface area contributed by atoms with Crippen LogP contribution in [0.25, 0.3) is 10.9 Å². The first-order valence-electron chi connectivity index (χ1n) is 5.75. The highest BCUT2D eigenvalue weighted by molar-refractivity contribution is 8.00. The lowest BCUT2D eigenvalue weighted by Crippen LogP contribution is -1.89. The largest absolute Gasteiger partial charge is 0.324 e. The van der Waals surface area contributed by atoms with Gasteiger partial charge in [0.05, 0.1) is 11.2 Å². The molecule has 1 N–H and O–H groups in total. The molecule has 0 saturated heterocycles. The standard InChI is InChI=1S/C15H12N2S/c1-2-8-13(9-3-1)18-17-14-10-4-6-12-7-5-11-16-15(12)14/h1-11,17H. The number of fused-ring (bicyclic) bond motifs is 1. The summed E-state index contributed by atoms with van der Waals surface area (Å²) in [7, 11) is 0. The Labute approximate surface area is 110 Å². The second kappa shape index (κ2) is 5.10. The summed E-state index contributed by atoms with van der Waals surface area (Å²) in [5.74, 6) is 0. The third-order valence-corrected chi connectivity index (χ3v) is 3.48. The van der Waals surface area contributed by atoms with Crippen molar-refractivity contribution in [3.63, 3.8) is 0 Å². The van der Waals surface area contributed by atoms with Crippen molar-refractivity contribution >= 4 is 28.5 Å². The molecule has 0 spiro atoms. The maximum absolute atomic E-state index is 4.42. The van der Waals surface area contributed by atoms with Gasteiger partial charge in [0.1, 0.15) is 0 Å². The van der Waals surface area contributed by atoms with E-state index in [1.807, 2.05) is 42.6 Å². The minimum Gasteiger partial charge on any atom is -0.324 e. The van der Waals surface area contributed by atoms with Crippen LogP contribution in [0.2, 0.25) is 0 Å². The molecule has 18 heavy (non-hydrogen) atoms. The van der Waals surface area contributed by atoms with Gasteiger partial charge in [-0.1, -0.05) is 36.4 Å². The molecule has 1 aromatic heterocycles. The Morgan fingerprint density at radius 1 is 0.833 bits per heavy atom. The van der Waals surface area contributed by atoms with Crippen molar-refractivity contribution in [3.8, 4) is 0 Å². The van der Waals surface area contributed by atoms with Crippen LogP contribution in [0.15, 0.2) is 71.8 Å². The van der Waals surface area contributed by atoms with E-state index in [0.717, 1.165) is 16.6 Å². The molecule has 2 nitrogen and oxygen atoms in total. The Morgan fingerprint density at radius 3 is 2.56 bits per heavy atom. The fraction of sp³-hybridized carbons (Fsp3) is 0. The van der Waals surface area contributed by atoms with Gasteiger partial charge in [-0.25, -0.2) is 0 Å². The minimum absolute atomic E-state index is 1.00. The molecule has 3 aromatic rings. The molecule has 1 heterocycles. The second-order valence-corrected chi connectivity index (χ2v) is 4.78. The third-order valence-electron chi connectivity index (χ3n) is 2.65. The maximum Gasteiger partial charge on any atom is 0.0941 e. The lowest BCUT2D eigenvalue weighted by Gasteiger charge is -2.07. The van der Waals surface area contributed by atoms with Gasteiger partial charge in [-0.2, -0.15) is 0 Å². The number of nitrogens with one attached hydrogen (secondary N) is 1. The Morgan fingerprint density at radius 2 is 1.67 bits per heavy atom. The molecule has 0 amide bonds. The number of hydrogen-bond donors (Lipinski definition) is 1. The van der Waals surface area contributed by atoms with Crippen LogP contribution in [0.3, 0.4) is 0 Å². The first-order valence-corrected chi connectivity index (χ1v) is 6.57. The van der Waals surface area contributed by atoms with Crippen molar-refractivity contribution in [2.75, 3.05) is 4.72 Å². The van der Waals surface area contributed by atoms with E-state index in [9.17, 15) is 0 Å². The molecular formula is C15H12N2S. The molecule has 0 aliphatic heterocycles. The van der Waals surface area contributed by atoms with Crippen molar-refractivity contribution in [1.82, 2.24) is 4.98 Å². The third kappa shape index (κ3) is 2.31. The number of benzene rings is 2. The van der Waals surface area contributed by atoms with Gasteiger partial charge in [0.15, 0.2) is 0 Å². The summed E-state index contributed by atoms with van der Waals surface area (Å²) in [6, 6.07) is 20.4. The Bertz CT molecular complexity index is 647. The first-order chi connectivity index (χ1) is 8.93. The number of anilines is 1. The van der Waals surface area contributed by atoms with E-state index in [2.05, 4.69) is 34.0 Å². The molecular weight excluding hydrogens is 240 g/mol. The van der Waals surface area contributed by atoms with Crippen LogP contribution in [0.4, 0.5) is 5.69 Å². The van der Waals surface area contributed by atoms with Crippen molar-refractivity contribution in [2.24, 2.45) is 0 Å². The average Bonchev–Trinajstić information content (AvgIpc) is 2.46. The fourth-order valence-corrected chi connectivity index (χ4v) is 2.47. The van der Waals surface area contributed by atoms with Crippen molar-refractivity contribution < 1.29 is 0 Å². The van der Waals surface area contributed by atoms with Crippen molar-refractivity contribution in [1.29, 1.82) is 0 Å². The molecule has 0 saturated carbocycles. The number of para-hydroxylation sites is 1. The zero-order chi connectivity index (χ0) is 12.2. The average molecular weight is 252 g/mol. The second-order valence-electron chi connectivity index (χ2n) is 3.90. The molecule has 0 unspecified atom stereocenters. The zero-order valence-electron chi connectivity index (χ0n) is 9.71. The van der Waals surface area contributed by atoms with E-state index >= 15 is 0 Å². The predicted molar refractivity (Wildman–Crippen MR) is 77.7 cm³/mol. The quantitative estimate of drug-likeness (QED) is 0.701. The van der Waals surface area contributed by atoms with Crippen LogP contribution in [-0.2, 0) is 0 Å². The van der Waals surface area contributed by atoms with E-state index in [0.29, 0.717) is 0 Å². The summed E-state index contributed by atoms with van der Waals surface area (Å²) in [6.45, 7) is 0. The summed E-state index contributed by atoms with van der Waals surface area (Å²) in [5.41, 5.74) is 2.05. The Hall–Kier alpha value is -2.00. The SMILES string of the molecule is c1ccc(SNc2cccc3cccnc23)cc1. The molecule has 3 rings (SSSR count). The number of aromatic nitrogens is 1. The molecule has 88 valence electrons. The van der Waals surface area contributed by atoms with E-state index in [1.54, 1.807) is 11.9 Å². The van der Waals surface area contributed by atoms with Gasteiger partial charge in [0.2, 0.25) is 0 Å². The summed E-state index contributed by atoms with van der Waals surface area (Å²) in [4.78, 5) is 5.60. The monoisotopic (exact) mass is 252 g/mol. The topological polar surface area (TPSA) is 24.9 Å². The maximum atomic E-state index is 4.42. The van der Waals surface area contributed by atoms with Gasteiger partial charge in [-0.15, -0.1) is 0 Å². The van der Waals surface area contributed by atoms with Gasteiger partial charge in [-0.3, -0.25) is 4.98 Å². The van der Waals surface area contributed by atoms with E-state index in [4.69, 9.17) is 0 Å². The number of pyridine rings is 1. The lowest BCUT2D eigenvalue weighted by molar-refractivity contribution is 1.41. The van der Waals surface area contributed by atoms with E-state index < -0.39 is 0 Å². The van der Waals surface area contributed by atoms with Crippen molar-refractivity contribution in [2.45, 2.75) is 4.90 Å². The highest BCUT2D eigenvalue weighted by atomic mass is 32.2. The van der Waals surface area contributed by atoms with E-state index in [1.165, 1.54) is 4.90 Å². The molecule has 0 atom stereocenters. The number of hydrogen-bond acceptors (Lipinski definition) is 3. The van der Waals surface area contributed by atoms with Crippen LogP contribution in [0.5, 0.6) is 0 Å². The van der Waals surface area contributed by atoms with Gasteiger partial charge in [0, 0.05) is 16.5 Å². The number of nitrogens with zero attached hydrogens (tertiary/aromatic N) is 1. The molecule has 0 radical (unpaired) electrons. The lowest BCUT2D eigenvalue weighted by atomic mass is 10.2. The molecule has 0 aliphatic rings. The highest BCUT2D eigenvalue weighted by Gasteiger charge is 2.01. The normalized spacial score (nSPS) is 10.4. The summed E-state index contributed by atoms with van der Waals surface area (Å²) in [6.07, 6.45) is 1.82. The predicted octanol–water partition coefficient (Wildman–Crippen LogP) is 4.35. The van der Waals surface area contributed by atoms with Crippen LogP contribution in [0.1, 0.15) is 0 Å². The smallest absolute Gasteiger partial charge is 0.0941 e. The number of rotatable bonds is 3. The van der Waals surface area contributed by atoms with Crippen LogP contribution < -0.4 is 4.72 Å². The van der Waals surface area contributed by atoms with Gasteiger partial charge < -0.3 is 4.72 Å². The van der Waals surface area contributed by atoms with Gasteiger partial charge in [0.25, 0.3) is 0 Å². The Kier molecular flexibility index (Phi) is 3.15. The summed E-state index contributed by atoms with van der Waals surface area (Å²) >= 11 is 1.60. The summed E-state index contributed by atoms with van der Waals surface area (Å²) < 4.78 is 3.36. The van der Waals surface area contributed by atoms with E-state index in [-0.39, 0.29) is 0 Å². The zero-order valence-corrected chi connectivity index (χ0v) is 10.5. The van der Waals surface area contributed by atoms with Crippen LogP contribution >= 0.6 is 11.9 Å². The molecule has 0 fully saturated rings. The first kappa shape index (κ1) is 11.1. The fourth-order valence-electron chi connectivity index (χ4n) is 1.79. The van der Waals surface area contributed by atoms with Crippen LogP contribution in [0, 0.1) is 0 Å². The molecule has 2 aromatic carbocycles.